The summed E-state index contributed by atoms with van der Waals surface area (Å²) in [6.45, 7) is 2.39. The minimum atomic E-state index is -0.376. The minimum absolute atomic E-state index is 0.273. The standard InChI is InChI=1S/C11H11ClINO3/c1-2-16-11(15)4-3-5-17-9-6-10(12)14-7-8(9)13/h3-4,6-7H,2,5H2,1H3/b4-3+. The molecule has 0 aliphatic rings. The van der Waals surface area contributed by atoms with E-state index in [-0.39, 0.29) is 12.6 Å². The molecule has 0 bridgehead atoms. The Morgan fingerprint density at radius 3 is 3.12 bits per heavy atom. The molecule has 0 atom stereocenters. The topological polar surface area (TPSA) is 48.4 Å². The van der Waals surface area contributed by atoms with E-state index in [1.165, 1.54) is 6.08 Å². The van der Waals surface area contributed by atoms with E-state index in [1.54, 1.807) is 25.3 Å². The molecular formula is C11H11ClINO3. The second-order valence-electron chi connectivity index (χ2n) is 2.90. The van der Waals surface area contributed by atoms with Crippen molar-refractivity contribution in [1.82, 2.24) is 4.98 Å². The number of esters is 1. The fourth-order valence-electron chi connectivity index (χ4n) is 0.980. The highest BCUT2D eigenvalue weighted by Gasteiger charge is 2.02. The summed E-state index contributed by atoms with van der Waals surface area (Å²) in [7, 11) is 0. The molecule has 0 aliphatic carbocycles. The van der Waals surface area contributed by atoms with Crippen molar-refractivity contribution in [3.05, 3.63) is 33.1 Å². The van der Waals surface area contributed by atoms with Crippen LogP contribution in [-0.2, 0) is 9.53 Å². The molecule has 0 radical (unpaired) electrons. The van der Waals surface area contributed by atoms with Gasteiger partial charge in [0, 0.05) is 18.3 Å². The zero-order valence-electron chi connectivity index (χ0n) is 9.15. The molecule has 0 unspecified atom stereocenters. The Bertz CT molecular complexity index is 423. The number of pyridine rings is 1. The third-order valence-electron chi connectivity index (χ3n) is 1.66. The predicted molar refractivity (Wildman–Crippen MR) is 73.2 cm³/mol. The highest BCUT2D eigenvalue weighted by molar-refractivity contribution is 14.1. The molecular weight excluding hydrogens is 356 g/mol. The van der Waals surface area contributed by atoms with E-state index in [0.29, 0.717) is 17.5 Å². The molecule has 0 fully saturated rings. The van der Waals surface area contributed by atoms with Crippen LogP contribution in [0, 0.1) is 3.57 Å². The first-order valence-electron chi connectivity index (χ1n) is 4.90. The average Bonchev–Trinajstić information content (AvgIpc) is 2.29. The average molecular weight is 368 g/mol. The summed E-state index contributed by atoms with van der Waals surface area (Å²) in [6, 6.07) is 1.63. The van der Waals surface area contributed by atoms with Crippen LogP contribution in [0.5, 0.6) is 5.75 Å². The minimum Gasteiger partial charge on any atom is -0.488 e. The molecule has 92 valence electrons. The molecule has 1 heterocycles. The van der Waals surface area contributed by atoms with E-state index >= 15 is 0 Å². The normalized spacial score (nSPS) is 10.5. The Balaban J connectivity index is 2.45. The molecule has 0 saturated carbocycles. The summed E-state index contributed by atoms with van der Waals surface area (Å²) in [6.07, 6.45) is 4.54. The molecule has 0 saturated heterocycles. The van der Waals surface area contributed by atoms with Gasteiger partial charge in [-0.15, -0.1) is 0 Å². The van der Waals surface area contributed by atoms with Crippen LogP contribution in [0.1, 0.15) is 6.92 Å². The zero-order valence-corrected chi connectivity index (χ0v) is 12.1. The Morgan fingerprint density at radius 2 is 2.41 bits per heavy atom. The number of hydrogen-bond acceptors (Lipinski definition) is 4. The first kappa shape index (κ1) is 14.2. The quantitative estimate of drug-likeness (QED) is 0.347. The van der Waals surface area contributed by atoms with Crippen LogP contribution in [0.3, 0.4) is 0 Å². The SMILES string of the molecule is CCOC(=O)/C=C/COc1cc(Cl)ncc1I. The van der Waals surface area contributed by atoms with Gasteiger partial charge in [0.1, 0.15) is 17.5 Å². The maximum Gasteiger partial charge on any atom is 0.330 e. The Morgan fingerprint density at radius 1 is 1.65 bits per heavy atom. The summed E-state index contributed by atoms with van der Waals surface area (Å²) >= 11 is 7.83. The van der Waals surface area contributed by atoms with Gasteiger partial charge in [-0.25, -0.2) is 9.78 Å². The molecule has 0 spiro atoms. The van der Waals surface area contributed by atoms with Gasteiger partial charge >= 0.3 is 5.97 Å². The Hall–Kier alpha value is -0.820. The van der Waals surface area contributed by atoms with Gasteiger partial charge in [-0.2, -0.15) is 0 Å². The molecule has 0 N–H and O–H groups in total. The summed E-state index contributed by atoms with van der Waals surface area (Å²) in [5, 5.41) is 0.370. The third-order valence-corrected chi connectivity index (χ3v) is 2.68. The van der Waals surface area contributed by atoms with Gasteiger partial charge in [0.2, 0.25) is 0 Å². The number of ether oxygens (including phenoxy) is 2. The molecule has 17 heavy (non-hydrogen) atoms. The van der Waals surface area contributed by atoms with Crippen LogP contribution in [0.2, 0.25) is 5.15 Å². The number of nitrogens with zero attached hydrogens (tertiary/aromatic N) is 1. The lowest BCUT2D eigenvalue weighted by atomic mass is 10.4. The number of hydrogen-bond donors (Lipinski definition) is 0. The van der Waals surface area contributed by atoms with Crippen molar-refractivity contribution >= 4 is 40.2 Å². The van der Waals surface area contributed by atoms with Gasteiger partial charge in [0.05, 0.1) is 10.2 Å². The van der Waals surface area contributed by atoms with Crippen molar-refractivity contribution in [2.24, 2.45) is 0 Å². The first-order chi connectivity index (χ1) is 8.13. The van der Waals surface area contributed by atoms with Crippen LogP contribution in [-0.4, -0.2) is 24.2 Å². The van der Waals surface area contributed by atoms with Gasteiger partial charge < -0.3 is 9.47 Å². The van der Waals surface area contributed by atoms with Crippen molar-refractivity contribution in [2.75, 3.05) is 13.2 Å². The third kappa shape index (κ3) is 5.36. The van der Waals surface area contributed by atoms with Crippen LogP contribution >= 0.6 is 34.2 Å². The van der Waals surface area contributed by atoms with Crippen molar-refractivity contribution < 1.29 is 14.3 Å². The van der Waals surface area contributed by atoms with E-state index in [2.05, 4.69) is 27.6 Å². The lowest BCUT2D eigenvalue weighted by Crippen LogP contribution is -2.01. The van der Waals surface area contributed by atoms with Gasteiger partial charge in [-0.1, -0.05) is 11.6 Å². The molecule has 4 nitrogen and oxygen atoms in total. The maximum absolute atomic E-state index is 11.0. The molecule has 1 rings (SSSR count). The zero-order chi connectivity index (χ0) is 12.7. The highest BCUT2D eigenvalue weighted by Crippen LogP contribution is 2.22. The monoisotopic (exact) mass is 367 g/mol. The molecule has 0 aliphatic heterocycles. The van der Waals surface area contributed by atoms with E-state index in [4.69, 9.17) is 21.1 Å². The van der Waals surface area contributed by atoms with E-state index < -0.39 is 0 Å². The Labute approximate surface area is 118 Å². The summed E-state index contributed by atoms with van der Waals surface area (Å²) in [5.41, 5.74) is 0. The van der Waals surface area contributed by atoms with Crippen LogP contribution in [0.4, 0.5) is 0 Å². The predicted octanol–water partition coefficient (Wildman–Crippen LogP) is 2.84. The molecule has 0 aromatic carbocycles. The van der Waals surface area contributed by atoms with Crippen molar-refractivity contribution in [2.45, 2.75) is 6.92 Å². The van der Waals surface area contributed by atoms with E-state index in [0.717, 1.165) is 3.57 Å². The van der Waals surface area contributed by atoms with Crippen LogP contribution < -0.4 is 4.74 Å². The molecule has 0 amide bonds. The van der Waals surface area contributed by atoms with E-state index in [1.807, 2.05) is 0 Å². The Kier molecular flexibility index (Phi) is 6.28. The van der Waals surface area contributed by atoms with E-state index in [9.17, 15) is 4.79 Å². The van der Waals surface area contributed by atoms with Crippen LogP contribution in [0.25, 0.3) is 0 Å². The smallest absolute Gasteiger partial charge is 0.330 e. The van der Waals surface area contributed by atoms with Crippen molar-refractivity contribution in [3.8, 4) is 5.75 Å². The summed E-state index contributed by atoms with van der Waals surface area (Å²) in [4.78, 5) is 14.9. The maximum atomic E-state index is 11.0. The lowest BCUT2D eigenvalue weighted by Gasteiger charge is -2.05. The summed E-state index contributed by atoms with van der Waals surface area (Å²) in [5.74, 6) is 0.262. The van der Waals surface area contributed by atoms with Crippen molar-refractivity contribution in [1.29, 1.82) is 0 Å². The molecule has 6 heteroatoms. The molecule has 1 aromatic heterocycles. The number of halogens is 2. The lowest BCUT2D eigenvalue weighted by molar-refractivity contribution is -0.137. The number of carbonyl (C=O) groups excluding carboxylic acids is 1. The van der Waals surface area contributed by atoms with Gasteiger partial charge in [-0.05, 0) is 35.6 Å². The second-order valence-corrected chi connectivity index (χ2v) is 4.45. The first-order valence-corrected chi connectivity index (χ1v) is 6.36. The summed E-state index contributed by atoms with van der Waals surface area (Å²) < 4.78 is 11.0. The van der Waals surface area contributed by atoms with Crippen LogP contribution in [0.15, 0.2) is 24.4 Å². The fourth-order valence-corrected chi connectivity index (χ4v) is 1.58. The second kappa shape index (κ2) is 7.50. The fraction of sp³-hybridized carbons (Fsp3) is 0.273. The van der Waals surface area contributed by atoms with Gasteiger partial charge in [0.15, 0.2) is 0 Å². The number of aromatic nitrogens is 1. The van der Waals surface area contributed by atoms with Gasteiger partial charge in [-0.3, -0.25) is 0 Å². The van der Waals surface area contributed by atoms with Gasteiger partial charge in [0.25, 0.3) is 0 Å². The van der Waals surface area contributed by atoms with Crippen molar-refractivity contribution in [3.63, 3.8) is 0 Å². The molecule has 1 aromatic rings. The largest absolute Gasteiger partial charge is 0.488 e. The number of carbonyl (C=O) groups is 1. The highest BCUT2D eigenvalue weighted by atomic mass is 127. The number of rotatable bonds is 5.